The zero-order valence-electron chi connectivity index (χ0n) is 15.5. The van der Waals surface area contributed by atoms with E-state index in [1.54, 1.807) is 0 Å². The van der Waals surface area contributed by atoms with E-state index in [1.807, 2.05) is 24.3 Å². The molecular formula is C21H34O3. The molecule has 0 aromatic heterocycles. The highest BCUT2D eigenvalue weighted by Crippen LogP contribution is 2.15. The minimum atomic E-state index is -0.602. The molecule has 0 unspecified atom stereocenters. The standard InChI is InChI=1S/C21H34O3/c1-3-5-7-9-10-11-13-19-14-16-20(17-15-19)24-21(22)23-18-12-8-6-4-2/h14-17H,3-13,18H2,1-2H3. The minimum Gasteiger partial charge on any atom is -0.434 e. The zero-order valence-corrected chi connectivity index (χ0v) is 15.5. The quantitative estimate of drug-likeness (QED) is 0.229. The van der Waals surface area contributed by atoms with Crippen LogP contribution >= 0.6 is 0 Å². The molecule has 0 fully saturated rings. The summed E-state index contributed by atoms with van der Waals surface area (Å²) in [6, 6.07) is 7.78. The molecule has 0 heterocycles. The van der Waals surface area contributed by atoms with Gasteiger partial charge in [-0.05, 0) is 37.0 Å². The summed E-state index contributed by atoms with van der Waals surface area (Å²) in [6.45, 7) is 4.84. The van der Waals surface area contributed by atoms with E-state index in [4.69, 9.17) is 9.47 Å². The monoisotopic (exact) mass is 334 g/mol. The number of unbranched alkanes of at least 4 members (excludes halogenated alkanes) is 8. The van der Waals surface area contributed by atoms with E-state index in [2.05, 4.69) is 13.8 Å². The van der Waals surface area contributed by atoms with E-state index in [0.29, 0.717) is 12.4 Å². The summed E-state index contributed by atoms with van der Waals surface area (Å²) in [4.78, 5) is 11.6. The van der Waals surface area contributed by atoms with Crippen molar-refractivity contribution in [1.82, 2.24) is 0 Å². The maximum Gasteiger partial charge on any atom is 0.513 e. The van der Waals surface area contributed by atoms with Gasteiger partial charge >= 0.3 is 6.16 Å². The van der Waals surface area contributed by atoms with Crippen LogP contribution in [-0.2, 0) is 11.2 Å². The Balaban J connectivity index is 2.16. The third-order valence-electron chi connectivity index (χ3n) is 4.16. The topological polar surface area (TPSA) is 35.5 Å². The highest BCUT2D eigenvalue weighted by molar-refractivity contribution is 5.63. The maximum absolute atomic E-state index is 11.6. The van der Waals surface area contributed by atoms with Crippen molar-refractivity contribution in [3.05, 3.63) is 29.8 Å². The number of benzene rings is 1. The van der Waals surface area contributed by atoms with Crippen LogP contribution in [0.5, 0.6) is 5.75 Å². The van der Waals surface area contributed by atoms with Gasteiger partial charge in [0.1, 0.15) is 5.75 Å². The molecule has 0 saturated carbocycles. The molecule has 3 nitrogen and oxygen atoms in total. The first-order valence-electron chi connectivity index (χ1n) is 9.69. The molecule has 3 heteroatoms. The predicted molar refractivity (Wildman–Crippen MR) is 99.6 cm³/mol. The average molecular weight is 335 g/mol. The van der Waals surface area contributed by atoms with Crippen molar-refractivity contribution in [3.8, 4) is 5.75 Å². The Labute approximate surface area is 147 Å². The maximum atomic E-state index is 11.6. The molecule has 0 spiro atoms. The summed E-state index contributed by atoms with van der Waals surface area (Å²) in [6.07, 6.45) is 12.7. The van der Waals surface area contributed by atoms with Crippen LogP contribution in [0.15, 0.2) is 24.3 Å². The van der Waals surface area contributed by atoms with Crippen LogP contribution in [-0.4, -0.2) is 12.8 Å². The fourth-order valence-corrected chi connectivity index (χ4v) is 2.64. The largest absolute Gasteiger partial charge is 0.513 e. The molecule has 24 heavy (non-hydrogen) atoms. The summed E-state index contributed by atoms with van der Waals surface area (Å²) in [5.41, 5.74) is 1.30. The van der Waals surface area contributed by atoms with Gasteiger partial charge < -0.3 is 9.47 Å². The first-order valence-corrected chi connectivity index (χ1v) is 9.69. The van der Waals surface area contributed by atoms with Crippen LogP contribution in [0.1, 0.15) is 83.6 Å². The van der Waals surface area contributed by atoms with Crippen LogP contribution in [0.4, 0.5) is 4.79 Å². The Kier molecular flexibility index (Phi) is 11.9. The lowest BCUT2D eigenvalue weighted by atomic mass is 10.1. The van der Waals surface area contributed by atoms with Crippen molar-refractivity contribution in [2.24, 2.45) is 0 Å². The Morgan fingerprint density at radius 3 is 2.04 bits per heavy atom. The summed E-state index contributed by atoms with van der Waals surface area (Å²) < 4.78 is 10.3. The van der Waals surface area contributed by atoms with Crippen molar-refractivity contribution in [3.63, 3.8) is 0 Å². The SMILES string of the molecule is CCCCCCCCc1ccc(OC(=O)OCCCCCC)cc1. The molecule has 0 saturated heterocycles. The number of rotatable bonds is 13. The Hall–Kier alpha value is -1.51. The molecule has 1 aromatic rings. The van der Waals surface area contributed by atoms with Crippen LogP contribution in [0.2, 0.25) is 0 Å². The summed E-state index contributed by atoms with van der Waals surface area (Å²) in [5.74, 6) is 0.556. The van der Waals surface area contributed by atoms with E-state index in [9.17, 15) is 4.79 Å². The predicted octanol–water partition coefficient (Wildman–Crippen LogP) is 6.69. The zero-order chi connectivity index (χ0) is 17.5. The molecular weight excluding hydrogens is 300 g/mol. The first kappa shape index (κ1) is 20.5. The number of aryl methyl sites for hydroxylation is 1. The molecule has 1 rings (SSSR count). The normalized spacial score (nSPS) is 10.6. The van der Waals surface area contributed by atoms with Gasteiger partial charge in [0.15, 0.2) is 0 Å². The van der Waals surface area contributed by atoms with Gasteiger partial charge in [-0.1, -0.05) is 77.3 Å². The smallest absolute Gasteiger partial charge is 0.434 e. The van der Waals surface area contributed by atoms with E-state index in [0.717, 1.165) is 19.3 Å². The van der Waals surface area contributed by atoms with Gasteiger partial charge in [0, 0.05) is 0 Å². The molecule has 1 aromatic carbocycles. The lowest BCUT2D eigenvalue weighted by Crippen LogP contribution is -2.11. The third-order valence-corrected chi connectivity index (χ3v) is 4.16. The highest BCUT2D eigenvalue weighted by atomic mass is 16.7. The molecule has 0 radical (unpaired) electrons. The van der Waals surface area contributed by atoms with Crippen molar-refractivity contribution in [2.75, 3.05) is 6.61 Å². The fraction of sp³-hybridized carbons (Fsp3) is 0.667. The first-order chi connectivity index (χ1) is 11.8. The Morgan fingerprint density at radius 2 is 1.38 bits per heavy atom. The second-order valence-electron chi connectivity index (χ2n) is 6.42. The summed E-state index contributed by atoms with van der Waals surface area (Å²) >= 11 is 0. The van der Waals surface area contributed by atoms with Gasteiger partial charge in [-0.25, -0.2) is 4.79 Å². The third kappa shape index (κ3) is 10.3. The number of hydrogen-bond acceptors (Lipinski definition) is 3. The van der Waals surface area contributed by atoms with Gasteiger partial charge in [0.25, 0.3) is 0 Å². The molecule has 0 N–H and O–H groups in total. The fourth-order valence-electron chi connectivity index (χ4n) is 2.64. The van der Waals surface area contributed by atoms with E-state index in [-0.39, 0.29) is 0 Å². The molecule has 0 aliphatic carbocycles. The molecule has 0 aliphatic rings. The average Bonchev–Trinajstić information content (AvgIpc) is 2.59. The van der Waals surface area contributed by atoms with Crippen molar-refractivity contribution < 1.29 is 14.3 Å². The second-order valence-corrected chi connectivity index (χ2v) is 6.42. The summed E-state index contributed by atoms with van der Waals surface area (Å²) in [7, 11) is 0. The van der Waals surface area contributed by atoms with Gasteiger partial charge in [-0.15, -0.1) is 0 Å². The number of hydrogen-bond donors (Lipinski definition) is 0. The van der Waals surface area contributed by atoms with Crippen LogP contribution < -0.4 is 4.74 Å². The van der Waals surface area contributed by atoms with Gasteiger partial charge in [-0.2, -0.15) is 0 Å². The molecule has 0 bridgehead atoms. The number of ether oxygens (including phenoxy) is 2. The number of carbonyl (C=O) groups excluding carboxylic acids is 1. The van der Waals surface area contributed by atoms with Gasteiger partial charge in [-0.3, -0.25) is 0 Å². The molecule has 136 valence electrons. The van der Waals surface area contributed by atoms with Crippen molar-refractivity contribution in [1.29, 1.82) is 0 Å². The van der Waals surface area contributed by atoms with Gasteiger partial charge in [0.2, 0.25) is 0 Å². The molecule has 0 amide bonds. The van der Waals surface area contributed by atoms with Gasteiger partial charge in [0.05, 0.1) is 6.61 Å². The summed E-state index contributed by atoms with van der Waals surface area (Å²) in [5, 5.41) is 0. The minimum absolute atomic E-state index is 0.439. The van der Waals surface area contributed by atoms with Crippen LogP contribution in [0, 0.1) is 0 Å². The van der Waals surface area contributed by atoms with E-state index in [1.165, 1.54) is 56.9 Å². The highest BCUT2D eigenvalue weighted by Gasteiger charge is 2.05. The lowest BCUT2D eigenvalue weighted by Gasteiger charge is -2.07. The Morgan fingerprint density at radius 1 is 0.792 bits per heavy atom. The van der Waals surface area contributed by atoms with Crippen LogP contribution in [0.25, 0.3) is 0 Å². The molecule has 0 atom stereocenters. The van der Waals surface area contributed by atoms with E-state index < -0.39 is 6.16 Å². The van der Waals surface area contributed by atoms with Crippen LogP contribution in [0.3, 0.4) is 0 Å². The van der Waals surface area contributed by atoms with Crippen molar-refractivity contribution in [2.45, 2.75) is 84.5 Å². The van der Waals surface area contributed by atoms with E-state index >= 15 is 0 Å². The lowest BCUT2D eigenvalue weighted by molar-refractivity contribution is 0.0973. The second kappa shape index (κ2) is 13.9. The Bertz CT molecular complexity index is 425. The molecule has 0 aliphatic heterocycles. The number of carbonyl (C=O) groups is 1. The van der Waals surface area contributed by atoms with Crippen molar-refractivity contribution >= 4 is 6.16 Å².